The van der Waals surface area contributed by atoms with E-state index in [0.29, 0.717) is 11.6 Å². The Morgan fingerprint density at radius 3 is 2.71 bits per heavy atom. The summed E-state index contributed by atoms with van der Waals surface area (Å²) in [7, 11) is 0. The van der Waals surface area contributed by atoms with Gasteiger partial charge < -0.3 is 4.74 Å². The molecule has 0 unspecified atom stereocenters. The fraction of sp³-hybridized carbons (Fsp3) is 0.417. The maximum Gasteiger partial charge on any atom is 0.181 e. The molecule has 1 aromatic carbocycles. The number of ketones is 1. The number of hydrogen-bond donors (Lipinski definition) is 0. The summed E-state index contributed by atoms with van der Waals surface area (Å²) in [6.07, 6.45) is 0. The number of hydrogen-bond acceptors (Lipinski definition) is 2. The molecule has 1 aliphatic heterocycles. The molecule has 0 bridgehead atoms. The second-order valence-corrected chi connectivity index (χ2v) is 6.65. The van der Waals surface area contributed by atoms with E-state index in [9.17, 15) is 4.79 Å². The van der Waals surface area contributed by atoms with Crippen LogP contribution in [-0.4, -0.2) is 22.8 Å². The highest BCUT2D eigenvalue weighted by Crippen LogP contribution is 2.39. The van der Waals surface area contributed by atoms with E-state index in [1.54, 1.807) is 13.0 Å². The van der Waals surface area contributed by atoms with E-state index in [0.717, 1.165) is 5.56 Å². The third-order valence-corrected chi connectivity index (χ3v) is 5.72. The molecule has 2 nitrogen and oxygen atoms in total. The standard InChI is InChI=1S/C12H11Br2ClO2/c1-12(6-17-12)11(16)10(14)9(13)7-3-2-4-8(15)5-7/h2-5,9-10H,6H2,1H3/t9-,10+,12-/m1/s1. The lowest BCUT2D eigenvalue weighted by Crippen LogP contribution is -2.31. The molecule has 2 rings (SSSR count). The minimum Gasteiger partial charge on any atom is -0.362 e. The molecule has 1 aromatic rings. The Hall–Kier alpha value is 0.1000. The molecule has 5 heteroatoms. The maximum absolute atomic E-state index is 12.1. The van der Waals surface area contributed by atoms with Gasteiger partial charge in [-0.1, -0.05) is 55.6 Å². The van der Waals surface area contributed by atoms with Crippen molar-refractivity contribution in [3.05, 3.63) is 34.9 Å². The Kier molecular flexibility index (Phi) is 3.98. The van der Waals surface area contributed by atoms with Gasteiger partial charge in [-0.05, 0) is 24.6 Å². The highest BCUT2D eigenvalue weighted by molar-refractivity contribution is 9.12. The van der Waals surface area contributed by atoms with Gasteiger partial charge in [0, 0.05) is 5.02 Å². The van der Waals surface area contributed by atoms with E-state index in [1.807, 2.05) is 18.2 Å². The van der Waals surface area contributed by atoms with Crippen LogP contribution in [0.4, 0.5) is 0 Å². The van der Waals surface area contributed by atoms with Crippen LogP contribution in [0.1, 0.15) is 17.3 Å². The predicted molar refractivity (Wildman–Crippen MR) is 75.2 cm³/mol. The summed E-state index contributed by atoms with van der Waals surface area (Å²) in [5.41, 5.74) is 0.357. The summed E-state index contributed by atoms with van der Waals surface area (Å²) in [6.45, 7) is 2.31. The molecule has 0 amide bonds. The van der Waals surface area contributed by atoms with Gasteiger partial charge in [0.25, 0.3) is 0 Å². The van der Waals surface area contributed by atoms with E-state index in [4.69, 9.17) is 16.3 Å². The third-order valence-electron chi connectivity index (χ3n) is 2.77. The first-order valence-corrected chi connectivity index (χ1v) is 7.37. The molecule has 1 heterocycles. The van der Waals surface area contributed by atoms with Gasteiger partial charge in [0.2, 0.25) is 0 Å². The van der Waals surface area contributed by atoms with Crippen molar-refractivity contribution in [2.45, 2.75) is 22.2 Å². The summed E-state index contributed by atoms with van der Waals surface area (Å²) in [4.78, 5) is 11.7. The Labute approximate surface area is 122 Å². The number of ether oxygens (including phenoxy) is 1. The van der Waals surface area contributed by atoms with Crippen LogP contribution < -0.4 is 0 Å². The molecular formula is C12H11Br2ClO2. The average Bonchev–Trinajstić information content (AvgIpc) is 3.06. The minimum atomic E-state index is -0.612. The van der Waals surface area contributed by atoms with Crippen molar-refractivity contribution in [1.82, 2.24) is 0 Å². The summed E-state index contributed by atoms with van der Waals surface area (Å²) >= 11 is 12.9. The van der Waals surface area contributed by atoms with Crippen LogP contribution in [0.3, 0.4) is 0 Å². The zero-order chi connectivity index (χ0) is 12.6. The molecular weight excluding hydrogens is 371 g/mol. The fourth-order valence-electron chi connectivity index (χ4n) is 1.52. The van der Waals surface area contributed by atoms with Gasteiger partial charge in [0.1, 0.15) is 5.60 Å². The molecule has 1 saturated heterocycles. The number of rotatable bonds is 4. The van der Waals surface area contributed by atoms with Crippen molar-refractivity contribution in [1.29, 1.82) is 0 Å². The van der Waals surface area contributed by atoms with Crippen LogP contribution in [0, 0.1) is 0 Å². The van der Waals surface area contributed by atoms with Gasteiger partial charge in [-0.15, -0.1) is 0 Å². The van der Waals surface area contributed by atoms with Gasteiger partial charge in [0.15, 0.2) is 5.78 Å². The van der Waals surface area contributed by atoms with E-state index in [2.05, 4.69) is 31.9 Å². The van der Waals surface area contributed by atoms with Crippen LogP contribution in [-0.2, 0) is 9.53 Å². The van der Waals surface area contributed by atoms with E-state index >= 15 is 0 Å². The lowest BCUT2D eigenvalue weighted by Gasteiger charge is -2.18. The third kappa shape index (κ3) is 2.92. The van der Waals surface area contributed by atoms with Gasteiger partial charge >= 0.3 is 0 Å². The number of carbonyl (C=O) groups excluding carboxylic acids is 1. The van der Waals surface area contributed by atoms with Crippen molar-refractivity contribution < 1.29 is 9.53 Å². The minimum absolute atomic E-state index is 0.0550. The van der Waals surface area contributed by atoms with Crippen LogP contribution in [0.15, 0.2) is 24.3 Å². The molecule has 1 aliphatic rings. The van der Waals surface area contributed by atoms with Gasteiger partial charge in [-0.2, -0.15) is 0 Å². The largest absolute Gasteiger partial charge is 0.362 e. The number of carbonyl (C=O) groups is 1. The van der Waals surface area contributed by atoms with E-state index in [1.165, 1.54) is 0 Å². The molecule has 0 N–H and O–H groups in total. The molecule has 1 fully saturated rings. The second kappa shape index (κ2) is 5.00. The Balaban J connectivity index is 2.14. The smallest absolute Gasteiger partial charge is 0.181 e. The van der Waals surface area contributed by atoms with Crippen molar-refractivity contribution in [2.75, 3.05) is 6.61 Å². The number of Topliss-reactive ketones (excluding diaryl/α,β-unsaturated/α-hetero) is 1. The molecule has 17 heavy (non-hydrogen) atoms. The van der Waals surface area contributed by atoms with Crippen LogP contribution in [0.25, 0.3) is 0 Å². The summed E-state index contributed by atoms with van der Waals surface area (Å²) < 4.78 is 5.16. The highest BCUT2D eigenvalue weighted by atomic mass is 79.9. The van der Waals surface area contributed by atoms with Gasteiger partial charge in [-0.3, -0.25) is 4.79 Å². The van der Waals surface area contributed by atoms with Crippen LogP contribution >= 0.6 is 43.5 Å². The average molecular weight is 382 g/mol. The molecule has 92 valence electrons. The zero-order valence-electron chi connectivity index (χ0n) is 9.12. The molecule has 0 aliphatic carbocycles. The Bertz CT molecular complexity index is 446. The first-order valence-electron chi connectivity index (χ1n) is 5.16. The first-order chi connectivity index (χ1) is 7.94. The van der Waals surface area contributed by atoms with Gasteiger partial charge in [-0.25, -0.2) is 0 Å². The maximum atomic E-state index is 12.1. The predicted octanol–water partition coefficient (Wildman–Crippen LogP) is 3.90. The molecule has 0 radical (unpaired) electrons. The van der Waals surface area contributed by atoms with Crippen molar-refractivity contribution >= 4 is 49.2 Å². The SMILES string of the molecule is C[C@]1(C(=O)[C@@H](Br)[C@H](Br)c2cccc(Cl)c2)CO1. The van der Waals surface area contributed by atoms with Crippen LogP contribution in [0.5, 0.6) is 0 Å². The Morgan fingerprint density at radius 2 is 2.18 bits per heavy atom. The van der Waals surface area contributed by atoms with Crippen molar-refractivity contribution in [3.8, 4) is 0 Å². The fourth-order valence-corrected chi connectivity index (χ4v) is 3.04. The van der Waals surface area contributed by atoms with E-state index in [-0.39, 0.29) is 15.4 Å². The zero-order valence-corrected chi connectivity index (χ0v) is 13.0. The monoisotopic (exact) mass is 380 g/mol. The van der Waals surface area contributed by atoms with E-state index < -0.39 is 5.60 Å². The van der Waals surface area contributed by atoms with Crippen molar-refractivity contribution in [2.24, 2.45) is 0 Å². The molecule has 0 spiro atoms. The normalized spacial score (nSPS) is 26.4. The molecule has 3 atom stereocenters. The lowest BCUT2D eigenvalue weighted by molar-refractivity contribution is -0.122. The molecule has 0 saturated carbocycles. The Morgan fingerprint density at radius 1 is 1.53 bits per heavy atom. The van der Waals surface area contributed by atoms with Gasteiger partial charge in [0.05, 0.1) is 16.3 Å². The second-order valence-electron chi connectivity index (χ2n) is 4.24. The van der Waals surface area contributed by atoms with Crippen LogP contribution in [0.2, 0.25) is 5.02 Å². The number of alkyl halides is 2. The number of benzene rings is 1. The summed E-state index contributed by atoms with van der Waals surface area (Å²) in [5.74, 6) is 0.0550. The summed E-state index contributed by atoms with van der Waals surface area (Å²) in [5, 5.41) is 0.660. The number of epoxide rings is 1. The number of halogens is 3. The summed E-state index contributed by atoms with van der Waals surface area (Å²) in [6, 6.07) is 7.45. The first kappa shape index (κ1) is 13.5. The topological polar surface area (TPSA) is 29.6 Å². The quantitative estimate of drug-likeness (QED) is 0.584. The van der Waals surface area contributed by atoms with Crippen molar-refractivity contribution in [3.63, 3.8) is 0 Å². The highest BCUT2D eigenvalue weighted by Gasteiger charge is 2.50. The molecule has 0 aromatic heterocycles. The lowest BCUT2D eigenvalue weighted by atomic mass is 10.00.